The lowest BCUT2D eigenvalue weighted by atomic mass is 9.64. The lowest BCUT2D eigenvalue weighted by Gasteiger charge is -2.51. The average molecular weight is 299 g/mol. The highest BCUT2D eigenvalue weighted by Gasteiger charge is 2.48. The van der Waals surface area contributed by atoms with Crippen molar-refractivity contribution in [2.75, 3.05) is 12.4 Å². The molecule has 0 heterocycles. The lowest BCUT2D eigenvalue weighted by Crippen LogP contribution is -2.57. The first-order valence-corrected chi connectivity index (χ1v) is 7.03. The third-order valence-corrected chi connectivity index (χ3v) is 4.59. The van der Waals surface area contributed by atoms with Crippen LogP contribution in [0.5, 0.6) is 0 Å². The maximum absolute atomic E-state index is 6.25. The molecule has 1 aromatic carbocycles. The highest BCUT2D eigenvalue weighted by molar-refractivity contribution is 7.80. The minimum atomic E-state index is 0.0971. The van der Waals surface area contributed by atoms with Gasteiger partial charge in [-0.25, -0.2) is 0 Å². The van der Waals surface area contributed by atoms with E-state index in [1.165, 1.54) is 0 Å². The fourth-order valence-corrected chi connectivity index (χ4v) is 2.87. The Labute approximate surface area is 124 Å². The van der Waals surface area contributed by atoms with Crippen LogP contribution < -0.4 is 11.1 Å². The molecule has 0 amide bonds. The van der Waals surface area contributed by atoms with E-state index in [4.69, 9.17) is 34.3 Å². The van der Waals surface area contributed by atoms with E-state index in [1.807, 2.05) is 12.1 Å². The molecule has 1 aromatic rings. The summed E-state index contributed by atoms with van der Waals surface area (Å²) < 4.78 is 5.44. The number of methoxy groups -OCH3 is 1. The predicted molar refractivity (Wildman–Crippen MR) is 83.9 cm³/mol. The predicted octanol–water partition coefficient (Wildman–Crippen LogP) is 3.20. The largest absolute Gasteiger partial charge is 0.389 e. The summed E-state index contributed by atoms with van der Waals surface area (Å²) in [7, 11) is 1.76. The molecule has 1 fully saturated rings. The van der Waals surface area contributed by atoms with Gasteiger partial charge in [0.25, 0.3) is 0 Å². The van der Waals surface area contributed by atoms with Crippen molar-refractivity contribution in [2.45, 2.75) is 32.4 Å². The highest BCUT2D eigenvalue weighted by Crippen LogP contribution is 2.44. The Morgan fingerprint density at radius 1 is 1.53 bits per heavy atom. The molecule has 0 aliphatic heterocycles. The summed E-state index contributed by atoms with van der Waals surface area (Å²) in [6.45, 7) is 4.39. The summed E-state index contributed by atoms with van der Waals surface area (Å²) in [5, 5.41) is 4.11. The van der Waals surface area contributed by atoms with Gasteiger partial charge in [-0.15, -0.1) is 0 Å². The topological polar surface area (TPSA) is 47.3 Å². The molecule has 0 spiro atoms. The molecule has 2 atom stereocenters. The second kappa shape index (κ2) is 5.27. The molecule has 1 saturated carbocycles. The maximum atomic E-state index is 6.25. The first kappa shape index (κ1) is 14.6. The molecule has 3 N–H and O–H groups in total. The zero-order valence-electron chi connectivity index (χ0n) is 11.4. The van der Waals surface area contributed by atoms with E-state index >= 15 is 0 Å². The van der Waals surface area contributed by atoms with Crippen LogP contribution in [-0.2, 0) is 4.74 Å². The molecule has 1 aliphatic rings. The number of nitrogens with one attached hydrogen (secondary N) is 1. The van der Waals surface area contributed by atoms with Gasteiger partial charge in [0.05, 0.1) is 16.8 Å². The van der Waals surface area contributed by atoms with Crippen LogP contribution in [0.2, 0.25) is 5.02 Å². The molecule has 0 bridgehead atoms. The molecule has 0 saturated heterocycles. The lowest BCUT2D eigenvalue weighted by molar-refractivity contribution is -0.0794. The van der Waals surface area contributed by atoms with Crippen LogP contribution in [0, 0.1) is 5.41 Å². The fourth-order valence-electron chi connectivity index (χ4n) is 2.50. The van der Waals surface area contributed by atoms with Gasteiger partial charge in [0.15, 0.2) is 0 Å². The zero-order chi connectivity index (χ0) is 14.2. The molecule has 5 heteroatoms. The van der Waals surface area contributed by atoms with Crippen LogP contribution in [-0.4, -0.2) is 24.2 Å². The number of thiocarbonyl (C=S) groups is 1. The molecule has 3 nitrogen and oxygen atoms in total. The van der Waals surface area contributed by atoms with Crippen LogP contribution in [0.25, 0.3) is 0 Å². The van der Waals surface area contributed by atoms with Crippen molar-refractivity contribution >= 4 is 34.5 Å². The first-order chi connectivity index (χ1) is 8.86. The second-order valence-electron chi connectivity index (χ2n) is 5.54. The number of hydrogen-bond acceptors (Lipinski definition) is 3. The summed E-state index contributed by atoms with van der Waals surface area (Å²) in [6.07, 6.45) is 1.27. The smallest absolute Gasteiger partial charge is 0.104 e. The molecule has 2 unspecified atom stereocenters. The van der Waals surface area contributed by atoms with Crippen molar-refractivity contribution in [1.82, 2.24) is 0 Å². The SMILES string of the molecule is COC1CC(Nc2ccc(C(N)=S)cc2Cl)C1(C)C. The number of anilines is 1. The van der Waals surface area contributed by atoms with Gasteiger partial charge >= 0.3 is 0 Å². The maximum Gasteiger partial charge on any atom is 0.104 e. The third-order valence-electron chi connectivity index (χ3n) is 4.05. The molecule has 0 radical (unpaired) electrons. The van der Waals surface area contributed by atoms with E-state index in [-0.39, 0.29) is 5.41 Å². The third kappa shape index (κ3) is 2.71. The Morgan fingerprint density at radius 3 is 2.68 bits per heavy atom. The molecule has 19 heavy (non-hydrogen) atoms. The van der Waals surface area contributed by atoms with E-state index in [9.17, 15) is 0 Å². The Hall–Kier alpha value is -0.840. The number of hydrogen-bond donors (Lipinski definition) is 2. The Bertz CT molecular complexity index is 504. The zero-order valence-corrected chi connectivity index (χ0v) is 12.9. The number of nitrogens with two attached hydrogens (primary N) is 1. The quantitative estimate of drug-likeness (QED) is 0.838. The van der Waals surface area contributed by atoms with Crippen molar-refractivity contribution in [3.05, 3.63) is 28.8 Å². The van der Waals surface area contributed by atoms with Gasteiger partial charge in [-0.1, -0.05) is 37.7 Å². The summed E-state index contributed by atoms with van der Waals surface area (Å²) in [4.78, 5) is 0.358. The van der Waals surface area contributed by atoms with Gasteiger partial charge in [-0.3, -0.25) is 0 Å². The van der Waals surface area contributed by atoms with Gasteiger partial charge in [-0.05, 0) is 24.6 Å². The van der Waals surface area contributed by atoms with Crippen LogP contribution in [0.1, 0.15) is 25.8 Å². The second-order valence-corrected chi connectivity index (χ2v) is 6.38. The summed E-state index contributed by atoms with van der Waals surface area (Å²) >= 11 is 11.2. The first-order valence-electron chi connectivity index (χ1n) is 6.25. The van der Waals surface area contributed by atoms with Gasteiger partial charge in [-0.2, -0.15) is 0 Å². The number of halogens is 1. The normalized spacial score (nSPS) is 24.6. The van der Waals surface area contributed by atoms with Crippen molar-refractivity contribution in [2.24, 2.45) is 11.1 Å². The number of ether oxygens (including phenoxy) is 1. The van der Waals surface area contributed by atoms with Crippen molar-refractivity contribution in [3.8, 4) is 0 Å². The standard InChI is InChI=1S/C14H19ClN2OS/c1-14(2)11(7-12(14)18-3)17-10-5-4-8(13(16)19)6-9(10)15/h4-6,11-12,17H,7H2,1-3H3,(H2,16,19). The van der Waals surface area contributed by atoms with E-state index in [0.717, 1.165) is 17.7 Å². The summed E-state index contributed by atoms with van der Waals surface area (Å²) in [5.74, 6) is 0. The van der Waals surface area contributed by atoms with E-state index in [2.05, 4.69) is 19.2 Å². The van der Waals surface area contributed by atoms with Gasteiger partial charge in [0.2, 0.25) is 0 Å². The van der Waals surface area contributed by atoms with Crippen LogP contribution in [0.3, 0.4) is 0 Å². The monoisotopic (exact) mass is 298 g/mol. The Kier molecular flexibility index (Phi) is 4.04. The van der Waals surface area contributed by atoms with E-state index < -0.39 is 0 Å². The van der Waals surface area contributed by atoms with Crippen molar-refractivity contribution in [1.29, 1.82) is 0 Å². The van der Waals surface area contributed by atoms with Crippen molar-refractivity contribution < 1.29 is 4.74 Å². The molecule has 104 valence electrons. The van der Waals surface area contributed by atoms with Gasteiger partial charge < -0.3 is 15.8 Å². The van der Waals surface area contributed by atoms with Gasteiger partial charge in [0, 0.05) is 24.1 Å². The molecule has 0 aromatic heterocycles. The fraction of sp³-hybridized carbons (Fsp3) is 0.500. The van der Waals surface area contributed by atoms with Crippen molar-refractivity contribution in [3.63, 3.8) is 0 Å². The summed E-state index contributed by atoms with van der Waals surface area (Å²) in [6, 6.07) is 5.96. The molecule has 1 aliphatic carbocycles. The van der Waals surface area contributed by atoms with E-state index in [1.54, 1.807) is 13.2 Å². The minimum absolute atomic E-state index is 0.0971. The van der Waals surface area contributed by atoms with E-state index in [0.29, 0.717) is 22.2 Å². The number of rotatable bonds is 4. The Balaban J connectivity index is 2.11. The molecular weight excluding hydrogens is 280 g/mol. The number of benzene rings is 1. The molecule has 2 rings (SSSR count). The Morgan fingerprint density at radius 2 is 2.21 bits per heavy atom. The van der Waals surface area contributed by atoms with Crippen LogP contribution in [0.4, 0.5) is 5.69 Å². The average Bonchev–Trinajstić information content (AvgIpc) is 2.35. The molecular formula is C14H19ClN2OS. The van der Waals surface area contributed by atoms with Crippen LogP contribution in [0.15, 0.2) is 18.2 Å². The van der Waals surface area contributed by atoms with Gasteiger partial charge in [0.1, 0.15) is 4.99 Å². The van der Waals surface area contributed by atoms with Crippen LogP contribution >= 0.6 is 23.8 Å². The highest BCUT2D eigenvalue weighted by atomic mass is 35.5. The summed E-state index contributed by atoms with van der Waals surface area (Å²) in [5.41, 5.74) is 7.38. The minimum Gasteiger partial charge on any atom is -0.389 e.